The van der Waals surface area contributed by atoms with Crippen molar-refractivity contribution in [2.75, 3.05) is 11.5 Å². The van der Waals surface area contributed by atoms with Gasteiger partial charge in [-0.25, -0.2) is 19.3 Å². The standard InChI is InChI=1S/C15H10N8OS.C15H13N7O/c16-15-19-12(10-2-1-5-24-10)13-14(20-15)23(22-21-13)7-9-8-6-18-25-11(8)3-4-17-9;1-9-7-17-5-4-10(9)8-22-14-13(20-21-22)12(18-15(16)19-14)11-3-2-6-23-11/h1-6H,7H2,(H2,16,19,20);2-7H,8H2,1H3,(H2,16,18,19). The number of furan rings is 2. The summed E-state index contributed by atoms with van der Waals surface area (Å²) in [6, 6.07) is 11.0. The number of anilines is 2. The molecule has 9 aromatic rings. The smallest absolute Gasteiger partial charge is 0.222 e. The Morgan fingerprint density at radius 3 is 2.00 bits per heavy atom. The van der Waals surface area contributed by atoms with Crippen LogP contribution in [0.25, 0.3) is 55.3 Å². The minimum absolute atomic E-state index is 0.130. The van der Waals surface area contributed by atoms with E-state index < -0.39 is 0 Å². The SMILES string of the molecule is Cc1cnccc1Cn1nnc2c(-c3ccco3)nc(N)nc21.Nc1nc(-c2ccco2)c2nnn(Cc3nccc4sncc34)c2n1. The Morgan fingerprint density at radius 1 is 0.750 bits per heavy atom. The van der Waals surface area contributed by atoms with Crippen molar-refractivity contribution in [2.24, 2.45) is 0 Å². The molecule has 0 spiro atoms. The molecule has 0 atom stereocenters. The minimum Gasteiger partial charge on any atom is -0.463 e. The Kier molecular flexibility index (Phi) is 7.14. The van der Waals surface area contributed by atoms with Gasteiger partial charge in [-0.3, -0.25) is 9.97 Å². The Bertz CT molecular complexity index is 2520. The first-order valence-corrected chi connectivity index (χ1v) is 15.2. The Hall–Kier alpha value is -6.69. The van der Waals surface area contributed by atoms with Crippen LogP contribution in [0, 0.1) is 6.92 Å². The number of pyridine rings is 2. The van der Waals surface area contributed by atoms with Crippen LogP contribution in [0.4, 0.5) is 11.9 Å². The van der Waals surface area contributed by atoms with Gasteiger partial charge in [-0.15, -0.1) is 10.2 Å². The van der Waals surface area contributed by atoms with Gasteiger partial charge in [0.2, 0.25) is 11.9 Å². The van der Waals surface area contributed by atoms with Crippen molar-refractivity contribution in [1.29, 1.82) is 0 Å². The summed E-state index contributed by atoms with van der Waals surface area (Å²) in [7, 11) is 0. The van der Waals surface area contributed by atoms with Crippen LogP contribution < -0.4 is 11.5 Å². The van der Waals surface area contributed by atoms with Crippen LogP contribution in [0.3, 0.4) is 0 Å². The average molecular weight is 658 g/mol. The summed E-state index contributed by atoms with van der Waals surface area (Å²) >= 11 is 1.43. The van der Waals surface area contributed by atoms with Gasteiger partial charge in [-0.1, -0.05) is 10.4 Å². The van der Waals surface area contributed by atoms with Crippen LogP contribution in [0.15, 0.2) is 82.5 Å². The normalized spacial score (nSPS) is 11.4. The maximum absolute atomic E-state index is 5.87. The zero-order valence-electron chi connectivity index (χ0n) is 25.0. The van der Waals surface area contributed by atoms with E-state index in [-0.39, 0.29) is 11.9 Å². The highest BCUT2D eigenvalue weighted by Gasteiger charge is 2.19. The van der Waals surface area contributed by atoms with Crippen LogP contribution in [-0.2, 0) is 13.1 Å². The Balaban J connectivity index is 0.000000141. The maximum Gasteiger partial charge on any atom is 0.222 e. The van der Waals surface area contributed by atoms with Gasteiger partial charge in [0.15, 0.2) is 33.8 Å². The molecule has 236 valence electrons. The molecule has 0 amide bonds. The Labute approximate surface area is 273 Å². The highest BCUT2D eigenvalue weighted by Crippen LogP contribution is 2.28. The number of hydrogen-bond acceptors (Lipinski definition) is 16. The van der Waals surface area contributed by atoms with E-state index in [1.807, 2.05) is 25.3 Å². The van der Waals surface area contributed by atoms with E-state index in [1.165, 1.54) is 11.5 Å². The number of aromatic nitrogens is 13. The largest absolute Gasteiger partial charge is 0.463 e. The third kappa shape index (κ3) is 5.30. The van der Waals surface area contributed by atoms with Crippen LogP contribution in [0.2, 0.25) is 0 Å². The number of nitrogens with two attached hydrogens (primary N) is 2. The summed E-state index contributed by atoms with van der Waals surface area (Å²) in [5.41, 5.74) is 17.9. The second-order valence-electron chi connectivity index (χ2n) is 10.5. The maximum atomic E-state index is 5.87. The number of hydrogen-bond donors (Lipinski definition) is 2. The minimum atomic E-state index is 0.130. The molecule has 0 aliphatic heterocycles. The van der Waals surface area contributed by atoms with E-state index in [9.17, 15) is 0 Å². The second-order valence-corrected chi connectivity index (χ2v) is 11.3. The molecule has 0 saturated heterocycles. The predicted molar refractivity (Wildman–Crippen MR) is 175 cm³/mol. The highest BCUT2D eigenvalue weighted by molar-refractivity contribution is 7.13. The quantitative estimate of drug-likeness (QED) is 0.258. The van der Waals surface area contributed by atoms with Crippen LogP contribution in [0.1, 0.15) is 16.8 Å². The average Bonchev–Trinajstić information content (AvgIpc) is 3.93. The summed E-state index contributed by atoms with van der Waals surface area (Å²) < 4.78 is 19.4. The molecule has 0 saturated carbocycles. The molecular formula is C30H23N15O2S. The summed E-state index contributed by atoms with van der Waals surface area (Å²) in [5.74, 6) is 1.43. The zero-order valence-corrected chi connectivity index (χ0v) is 25.9. The third-order valence-corrected chi connectivity index (χ3v) is 8.15. The molecule has 0 aromatic carbocycles. The van der Waals surface area contributed by atoms with Crippen LogP contribution in [0.5, 0.6) is 0 Å². The van der Waals surface area contributed by atoms with Crippen molar-refractivity contribution in [3.05, 3.63) is 90.5 Å². The lowest BCUT2D eigenvalue weighted by Crippen LogP contribution is -2.06. The molecule has 0 fully saturated rings. The fourth-order valence-electron chi connectivity index (χ4n) is 5.09. The van der Waals surface area contributed by atoms with Gasteiger partial charge < -0.3 is 20.3 Å². The van der Waals surface area contributed by atoms with Crippen LogP contribution >= 0.6 is 11.5 Å². The molecular weight excluding hydrogens is 634 g/mol. The van der Waals surface area contributed by atoms with Crippen molar-refractivity contribution in [3.8, 4) is 22.9 Å². The molecule has 18 heteroatoms. The second kappa shape index (κ2) is 11.9. The molecule has 4 N–H and O–H groups in total. The number of fused-ring (bicyclic) bond motifs is 3. The van der Waals surface area contributed by atoms with E-state index in [0.717, 1.165) is 26.9 Å². The zero-order chi connectivity index (χ0) is 32.6. The van der Waals surface area contributed by atoms with E-state index in [2.05, 4.69) is 54.9 Å². The molecule has 17 nitrogen and oxygen atoms in total. The highest BCUT2D eigenvalue weighted by atomic mass is 32.1. The molecule has 0 bridgehead atoms. The van der Waals surface area contributed by atoms with Crippen molar-refractivity contribution >= 4 is 55.8 Å². The fourth-order valence-corrected chi connectivity index (χ4v) is 5.75. The van der Waals surface area contributed by atoms with Crippen molar-refractivity contribution in [3.63, 3.8) is 0 Å². The first-order valence-electron chi connectivity index (χ1n) is 14.4. The molecule has 48 heavy (non-hydrogen) atoms. The van der Waals surface area contributed by atoms with E-state index in [0.29, 0.717) is 58.3 Å². The van der Waals surface area contributed by atoms with Gasteiger partial charge in [-0.2, -0.15) is 14.3 Å². The monoisotopic (exact) mass is 657 g/mol. The summed E-state index contributed by atoms with van der Waals surface area (Å²) in [6.45, 7) is 2.93. The number of rotatable bonds is 6. The van der Waals surface area contributed by atoms with Gasteiger partial charge in [0.25, 0.3) is 0 Å². The van der Waals surface area contributed by atoms with Crippen LogP contribution in [-0.4, -0.2) is 64.3 Å². The number of nitrogen functional groups attached to an aromatic ring is 2. The van der Waals surface area contributed by atoms with E-state index in [4.69, 9.17) is 20.3 Å². The number of aryl methyl sites for hydroxylation is 1. The van der Waals surface area contributed by atoms with E-state index >= 15 is 0 Å². The van der Waals surface area contributed by atoms with Gasteiger partial charge in [-0.05, 0) is 66.0 Å². The number of nitrogens with zero attached hydrogens (tertiary/aromatic N) is 13. The summed E-state index contributed by atoms with van der Waals surface area (Å²) in [5, 5.41) is 17.8. The lowest BCUT2D eigenvalue weighted by atomic mass is 10.1. The summed E-state index contributed by atoms with van der Waals surface area (Å²) in [4.78, 5) is 25.6. The van der Waals surface area contributed by atoms with Gasteiger partial charge in [0.05, 0.1) is 42.2 Å². The third-order valence-electron chi connectivity index (χ3n) is 7.39. The predicted octanol–water partition coefficient (Wildman–Crippen LogP) is 3.93. The fraction of sp³-hybridized carbons (Fsp3) is 0.100. The molecule has 0 unspecified atom stereocenters. The van der Waals surface area contributed by atoms with Crippen molar-refractivity contribution < 1.29 is 8.83 Å². The lowest BCUT2D eigenvalue weighted by Gasteiger charge is -2.05. The van der Waals surface area contributed by atoms with Gasteiger partial charge in [0.1, 0.15) is 11.4 Å². The first-order chi connectivity index (χ1) is 23.5. The molecule has 9 heterocycles. The lowest BCUT2D eigenvalue weighted by molar-refractivity contribution is 0.580. The Morgan fingerprint density at radius 2 is 1.40 bits per heavy atom. The van der Waals surface area contributed by atoms with Crippen molar-refractivity contribution in [2.45, 2.75) is 20.0 Å². The topological polar surface area (TPSA) is 230 Å². The molecule has 0 aliphatic rings. The van der Waals surface area contributed by atoms with E-state index in [1.54, 1.807) is 64.7 Å². The van der Waals surface area contributed by atoms with Gasteiger partial charge in [0, 0.05) is 24.0 Å². The molecule has 9 aromatic heterocycles. The molecule has 0 radical (unpaired) electrons. The first kappa shape index (κ1) is 28.8. The molecule has 9 rings (SSSR count). The van der Waals surface area contributed by atoms with Gasteiger partial charge >= 0.3 is 0 Å². The summed E-state index contributed by atoms with van der Waals surface area (Å²) in [6.07, 6.45) is 10.3. The molecule has 0 aliphatic carbocycles. The van der Waals surface area contributed by atoms with Crippen molar-refractivity contribution in [1.82, 2.24) is 64.3 Å².